The van der Waals surface area contributed by atoms with Gasteiger partial charge in [0.25, 0.3) is 0 Å². The van der Waals surface area contributed by atoms with E-state index in [1.807, 2.05) is 30.8 Å². The summed E-state index contributed by atoms with van der Waals surface area (Å²) in [5, 5.41) is 15.4. The van der Waals surface area contributed by atoms with Gasteiger partial charge in [0.1, 0.15) is 0 Å². The van der Waals surface area contributed by atoms with Crippen LogP contribution in [0.25, 0.3) is 0 Å². The highest BCUT2D eigenvalue weighted by Crippen LogP contribution is 2.30. The smallest absolute Gasteiger partial charge is 0.0924 e. The van der Waals surface area contributed by atoms with Gasteiger partial charge in [-0.15, -0.1) is 0 Å². The summed E-state index contributed by atoms with van der Waals surface area (Å²) in [5.74, 6) is 0. The van der Waals surface area contributed by atoms with Crippen molar-refractivity contribution in [3.63, 3.8) is 0 Å². The summed E-state index contributed by atoms with van der Waals surface area (Å²) in [6, 6.07) is 8.20. The van der Waals surface area contributed by atoms with Crippen LogP contribution in [-0.4, -0.2) is 14.9 Å². The molecule has 0 saturated heterocycles. The van der Waals surface area contributed by atoms with E-state index in [-0.39, 0.29) is 0 Å². The van der Waals surface area contributed by atoms with Gasteiger partial charge in [-0.2, -0.15) is 5.10 Å². The Morgan fingerprint density at radius 3 is 2.29 bits per heavy atom. The number of hydrogen-bond acceptors (Lipinski definition) is 2. The van der Waals surface area contributed by atoms with Crippen LogP contribution in [0, 0.1) is 0 Å². The topological polar surface area (TPSA) is 38.1 Å². The summed E-state index contributed by atoms with van der Waals surface area (Å²) >= 11 is 3.62. The Balaban J connectivity index is 2.29. The lowest BCUT2D eigenvalue weighted by Gasteiger charge is -2.24. The maximum absolute atomic E-state index is 10.9. The monoisotopic (exact) mass is 350 g/mol. The molecule has 0 spiro atoms. The Morgan fingerprint density at radius 2 is 1.81 bits per heavy atom. The van der Waals surface area contributed by atoms with Gasteiger partial charge in [0.15, 0.2) is 0 Å². The number of halogens is 1. The summed E-state index contributed by atoms with van der Waals surface area (Å²) in [6.45, 7) is 6.07. The van der Waals surface area contributed by atoms with E-state index >= 15 is 0 Å². The molecule has 2 rings (SSSR count). The van der Waals surface area contributed by atoms with Crippen LogP contribution >= 0.6 is 15.9 Å². The van der Waals surface area contributed by atoms with E-state index < -0.39 is 5.60 Å². The molecule has 0 aliphatic carbocycles. The molecule has 21 heavy (non-hydrogen) atoms. The molecule has 0 bridgehead atoms. The van der Waals surface area contributed by atoms with Crippen molar-refractivity contribution in [1.29, 1.82) is 0 Å². The Bertz CT molecular complexity index is 614. The third-order valence-electron chi connectivity index (χ3n) is 4.00. The number of rotatable bonds is 5. The molecule has 0 aliphatic rings. The van der Waals surface area contributed by atoms with Gasteiger partial charge in [-0.1, -0.05) is 38.1 Å². The molecule has 0 fully saturated rings. The predicted octanol–water partition coefficient (Wildman–Crippen LogP) is 3.76. The molecular weight excluding hydrogens is 328 g/mol. The van der Waals surface area contributed by atoms with E-state index in [1.54, 1.807) is 0 Å². The van der Waals surface area contributed by atoms with Crippen LogP contribution in [0.5, 0.6) is 0 Å². The second-order valence-electron chi connectivity index (χ2n) is 5.69. The Labute approximate surface area is 135 Å². The molecule has 1 unspecified atom stereocenters. The highest BCUT2D eigenvalue weighted by Gasteiger charge is 2.27. The number of benzene rings is 1. The van der Waals surface area contributed by atoms with Gasteiger partial charge in [0, 0.05) is 13.5 Å². The van der Waals surface area contributed by atoms with Gasteiger partial charge in [0.05, 0.1) is 21.5 Å². The number of aryl methyl sites for hydroxylation is 3. The summed E-state index contributed by atoms with van der Waals surface area (Å²) in [4.78, 5) is 0. The van der Waals surface area contributed by atoms with Gasteiger partial charge in [0.2, 0.25) is 0 Å². The first-order valence-corrected chi connectivity index (χ1v) is 8.20. The number of nitrogens with zero attached hydrogens (tertiary/aromatic N) is 2. The normalized spacial score (nSPS) is 14.2. The molecule has 0 radical (unpaired) electrons. The van der Waals surface area contributed by atoms with Crippen molar-refractivity contribution in [2.24, 2.45) is 7.05 Å². The molecular formula is C17H23BrN2O. The van der Waals surface area contributed by atoms with Crippen molar-refractivity contribution < 1.29 is 5.11 Å². The Kier molecular flexibility index (Phi) is 4.89. The zero-order valence-corrected chi connectivity index (χ0v) is 14.7. The second kappa shape index (κ2) is 6.32. The standard InChI is InChI=1S/C17H23BrN2O/c1-5-12-7-9-13(10-8-12)17(3,21)11-15-16(18)14(6-2)19-20(15)4/h7-10,21H,5-6,11H2,1-4H3. The first-order valence-electron chi connectivity index (χ1n) is 7.41. The van der Waals surface area contributed by atoms with Gasteiger partial charge in [-0.25, -0.2) is 0 Å². The summed E-state index contributed by atoms with van der Waals surface area (Å²) in [6.07, 6.45) is 2.42. The van der Waals surface area contributed by atoms with Crippen LogP contribution < -0.4 is 0 Å². The third-order valence-corrected chi connectivity index (χ3v) is 4.91. The zero-order chi connectivity index (χ0) is 15.6. The van der Waals surface area contributed by atoms with Crippen molar-refractivity contribution in [3.8, 4) is 0 Å². The molecule has 1 heterocycles. The number of hydrogen-bond donors (Lipinski definition) is 1. The first-order chi connectivity index (χ1) is 9.89. The molecule has 3 nitrogen and oxygen atoms in total. The van der Waals surface area contributed by atoms with Crippen LogP contribution in [0.3, 0.4) is 0 Å². The minimum Gasteiger partial charge on any atom is -0.385 e. The summed E-state index contributed by atoms with van der Waals surface area (Å²) in [7, 11) is 1.93. The fourth-order valence-electron chi connectivity index (χ4n) is 2.54. The van der Waals surface area contributed by atoms with Crippen LogP contribution in [0.2, 0.25) is 0 Å². The first kappa shape index (κ1) is 16.2. The molecule has 2 aromatic rings. The van der Waals surface area contributed by atoms with E-state index in [1.165, 1.54) is 5.56 Å². The van der Waals surface area contributed by atoms with Crippen LogP contribution in [0.4, 0.5) is 0 Å². The van der Waals surface area contributed by atoms with Gasteiger partial charge >= 0.3 is 0 Å². The van der Waals surface area contributed by atoms with E-state index in [4.69, 9.17) is 0 Å². The average Bonchev–Trinajstić information content (AvgIpc) is 2.74. The molecule has 1 N–H and O–H groups in total. The molecule has 0 amide bonds. The van der Waals surface area contributed by atoms with Crippen molar-refractivity contribution in [2.75, 3.05) is 0 Å². The average molecular weight is 351 g/mol. The van der Waals surface area contributed by atoms with Crippen LogP contribution in [-0.2, 0) is 31.9 Å². The maximum atomic E-state index is 10.9. The van der Waals surface area contributed by atoms with E-state index in [2.05, 4.69) is 47.0 Å². The molecule has 1 aromatic carbocycles. The van der Waals surface area contributed by atoms with Crippen LogP contribution in [0.1, 0.15) is 43.3 Å². The predicted molar refractivity (Wildman–Crippen MR) is 89.4 cm³/mol. The highest BCUT2D eigenvalue weighted by molar-refractivity contribution is 9.10. The fourth-order valence-corrected chi connectivity index (χ4v) is 3.30. The van der Waals surface area contributed by atoms with Crippen molar-refractivity contribution in [2.45, 2.75) is 45.6 Å². The van der Waals surface area contributed by atoms with Crippen molar-refractivity contribution in [3.05, 3.63) is 51.3 Å². The van der Waals surface area contributed by atoms with E-state index in [0.29, 0.717) is 6.42 Å². The van der Waals surface area contributed by atoms with Gasteiger partial charge in [-0.3, -0.25) is 4.68 Å². The van der Waals surface area contributed by atoms with Crippen LogP contribution in [0.15, 0.2) is 28.7 Å². The van der Waals surface area contributed by atoms with E-state index in [9.17, 15) is 5.11 Å². The minimum atomic E-state index is -0.909. The quantitative estimate of drug-likeness (QED) is 0.891. The fraction of sp³-hybridized carbons (Fsp3) is 0.471. The summed E-state index contributed by atoms with van der Waals surface area (Å²) < 4.78 is 2.87. The Hall–Kier alpha value is -1.13. The lowest BCUT2D eigenvalue weighted by atomic mass is 9.90. The number of aliphatic hydroxyl groups is 1. The summed E-state index contributed by atoms with van der Waals surface area (Å²) in [5.41, 5.74) is 3.37. The minimum absolute atomic E-state index is 0.530. The molecule has 4 heteroatoms. The lowest BCUT2D eigenvalue weighted by molar-refractivity contribution is 0.0554. The molecule has 1 aromatic heterocycles. The number of aromatic nitrogens is 2. The molecule has 0 aliphatic heterocycles. The van der Waals surface area contributed by atoms with Gasteiger partial charge in [-0.05, 0) is 46.8 Å². The largest absolute Gasteiger partial charge is 0.385 e. The highest BCUT2D eigenvalue weighted by atomic mass is 79.9. The maximum Gasteiger partial charge on any atom is 0.0924 e. The lowest BCUT2D eigenvalue weighted by Crippen LogP contribution is -2.25. The SMILES string of the molecule is CCc1ccc(C(C)(O)Cc2c(Br)c(CC)nn2C)cc1. The Morgan fingerprint density at radius 1 is 1.19 bits per heavy atom. The molecule has 1 atom stereocenters. The van der Waals surface area contributed by atoms with Gasteiger partial charge < -0.3 is 5.11 Å². The zero-order valence-electron chi connectivity index (χ0n) is 13.2. The van der Waals surface area contributed by atoms with Crippen molar-refractivity contribution in [1.82, 2.24) is 9.78 Å². The van der Waals surface area contributed by atoms with E-state index in [0.717, 1.165) is 34.3 Å². The second-order valence-corrected chi connectivity index (χ2v) is 6.48. The van der Waals surface area contributed by atoms with Crippen molar-refractivity contribution >= 4 is 15.9 Å². The third kappa shape index (κ3) is 3.38. The molecule has 0 saturated carbocycles. The molecule has 114 valence electrons.